The van der Waals surface area contributed by atoms with Crippen LogP contribution < -0.4 is 5.32 Å². The van der Waals surface area contributed by atoms with E-state index in [-0.39, 0.29) is 11.8 Å². The fourth-order valence-electron chi connectivity index (χ4n) is 5.24. The van der Waals surface area contributed by atoms with Gasteiger partial charge in [0.2, 0.25) is 5.91 Å². The van der Waals surface area contributed by atoms with Gasteiger partial charge in [0.15, 0.2) is 0 Å². The topological polar surface area (TPSA) is 68.4 Å². The zero-order valence-electron chi connectivity index (χ0n) is 16.2. The van der Waals surface area contributed by atoms with Gasteiger partial charge in [0, 0.05) is 55.6 Å². The van der Waals surface area contributed by atoms with E-state index in [9.17, 15) is 9.59 Å². The molecule has 148 valence electrons. The number of aromatic nitrogens is 1. The highest BCUT2D eigenvalue weighted by atomic mass is 16.2. The van der Waals surface area contributed by atoms with Crippen molar-refractivity contribution in [3.63, 3.8) is 0 Å². The number of hydrogen-bond acceptors (Lipinski definition) is 3. The molecular weight excluding hydrogens is 352 g/mol. The molecule has 4 heterocycles. The first-order valence-electron chi connectivity index (χ1n) is 10.6. The van der Waals surface area contributed by atoms with Crippen LogP contribution in [0.1, 0.15) is 42.6 Å². The van der Waals surface area contributed by atoms with Gasteiger partial charge in [0.25, 0.3) is 5.91 Å². The number of hydrogen-bond donors (Lipinski definition) is 2. The molecule has 1 aromatic carbocycles. The summed E-state index contributed by atoms with van der Waals surface area (Å²) in [5, 5.41) is 4.70. The minimum Gasteiger partial charge on any atom is -0.351 e. The van der Waals surface area contributed by atoms with Gasteiger partial charge in [-0.15, -0.1) is 0 Å². The second-order valence-corrected chi connectivity index (χ2v) is 8.62. The normalized spacial score (nSPS) is 27.4. The highest BCUT2D eigenvalue weighted by molar-refractivity contribution is 5.98. The summed E-state index contributed by atoms with van der Waals surface area (Å²) >= 11 is 0. The molecule has 2 aromatic rings. The number of aromatic amines is 1. The smallest absolute Gasteiger partial charge is 0.270 e. The molecule has 5 rings (SSSR count). The van der Waals surface area contributed by atoms with Gasteiger partial charge < -0.3 is 20.1 Å². The van der Waals surface area contributed by atoms with Gasteiger partial charge in [-0.1, -0.05) is 18.2 Å². The molecule has 0 aliphatic carbocycles. The molecule has 0 radical (unpaired) electrons. The second kappa shape index (κ2) is 7.24. The summed E-state index contributed by atoms with van der Waals surface area (Å²) in [4.78, 5) is 32.6. The number of nitrogens with zero attached hydrogens (tertiary/aromatic N) is 2. The van der Waals surface area contributed by atoms with E-state index in [1.165, 1.54) is 12.8 Å². The third kappa shape index (κ3) is 3.41. The Morgan fingerprint density at radius 3 is 2.36 bits per heavy atom. The molecule has 3 aliphatic heterocycles. The van der Waals surface area contributed by atoms with Crippen LogP contribution in [0.25, 0.3) is 10.9 Å². The standard InChI is InChI=1S/C22H28N4O2/c27-21(13-15-11-17-5-6-18(12-15)23-17)25-7-9-26(10-8-25)22(28)20-14-16-3-1-2-4-19(16)24-20/h1-4,14-15,17-18,23-24H,5-13H2. The molecule has 2 unspecified atom stereocenters. The number of fused-ring (bicyclic) bond motifs is 3. The number of para-hydroxylation sites is 1. The summed E-state index contributed by atoms with van der Waals surface area (Å²) < 4.78 is 0. The van der Waals surface area contributed by atoms with Crippen molar-refractivity contribution in [1.82, 2.24) is 20.1 Å². The van der Waals surface area contributed by atoms with Crippen LogP contribution in [0.3, 0.4) is 0 Å². The molecule has 28 heavy (non-hydrogen) atoms. The maximum atomic E-state index is 12.8. The maximum absolute atomic E-state index is 12.8. The van der Waals surface area contributed by atoms with Crippen molar-refractivity contribution in [3.8, 4) is 0 Å². The van der Waals surface area contributed by atoms with E-state index in [0.29, 0.717) is 56.3 Å². The van der Waals surface area contributed by atoms with Gasteiger partial charge in [-0.2, -0.15) is 0 Å². The minimum atomic E-state index is 0.0261. The average Bonchev–Trinajstić information content (AvgIpc) is 3.30. The molecule has 2 bridgehead atoms. The summed E-state index contributed by atoms with van der Waals surface area (Å²) in [6.45, 7) is 2.50. The summed E-state index contributed by atoms with van der Waals surface area (Å²) in [5.41, 5.74) is 1.61. The first-order chi connectivity index (χ1) is 13.7. The molecule has 0 saturated carbocycles. The van der Waals surface area contributed by atoms with Crippen molar-refractivity contribution >= 4 is 22.7 Å². The zero-order valence-corrected chi connectivity index (χ0v) is 16.2. The van der Waals surface area contributed by atoms with E-state index in [1.807, 2.05) is 40.1 Å². The number of nitrogens with one attached hydrogen (secondary N) is 2. The zero-order chi connectivity index (χ0) is 19.1. The lowest BCUT2D eigenvalue weighted by atomic mass is 9.89. The first-order valence-corrected chi connectivity index (χ1v) is 10.6. The van der Waals surface area contributed by atoms with Crippen molar-refractivity contribution in [3.05, 3.63) is 36.0 Å². The van der Waals surface area contributed by atoms with Crippen LogP contribution in [0.4, 0.5) is 0 Å². The van der Waals surface area contributed by atoms with E-state index in [4.69, 9.17) is 0 Å². The molecule has 2 N–H and O–H groups in total. The van der Waals surface area contributed by atoms with Crippen molar-refractivity contribution in [2.45, 2.75) is 44.2 Å². The van der Waals surface area contributed by atoms with Gasteiger partial charge >= 0.3 is 0 Å². The Bertz CT molecular complexity index is 839. The molecule has 0 spiro atoms. The third-order valence-corrected chi connectivity index (χ3v) is 6.71. The molecule has 2 amide bonds. The summed E-state index contributed by atoms with van der Waals surface area (Å²) in [7, 11) is 0. The number of amides is 2. The van der Waals surface area contributed by atoms with E-state index in [2.05, 4.69) is 10.3 Å². The number of piperidine rings is 1. The lowest BCUT2D eigenvalue weighted by Crippen LogP contribution is -2.51. The van der Waals surface area contributed by atoms with Crippen molar-refractivity contribution in [1.29, 1.82) is 0 Å². The monoisotopic (exact) mass is 380 g/mol. The Morgan fingerprint density at radius 1 is 0.964 bits per heavy atom. The van der Waals surface area contributed by atoms with Crippen LogP contribution in [0.2, 0.25) is 0 Å². The van der Waals surface area contributed by atoms with Crippen LogP contribution in [-0.2, 0) is 4.79 Å². The van der Waals surface area contributed by atoms with Gasteiger partial charge in [-0.3, -0.25) is 9.59 Å². The molecule has 3 fully saturated rings. The van der Waals surface area contributed by atoms with E-state index >= 15 is 0 Å². The summed E-state index contributed by atoms with van der Waals surface area (Å²) in [6, 6.07) is 11.1. The first kappa shape index (κ1) is 17.7. The van der Waals surface area contributed by atoms with E-state index in [1.54, 1.807) is 0 Å². The van der Waals surface area contributed by atoms with E-state index in [0.717, 1.165) is 23.7 Å². The molecule has 1 aromatic heterocycles. The molecule has 3 aliphatic rings. The maximum Gasteiger partial charge on any atom is 0.270 e. The molecule has 2 atom stereocenters. The molecule has 3 saturated heterocycles. The highest BCUT2D eigenvalue weighted by Crippen LogP contribution is 2.33. The van der Waals surface area contributed by atoms with Gasteiger partial charge in [0.05, 0.1) is 0 Å². The molecule has 6 nitrogen and oxygen atoms in total. The number of rotatable bonds is 3. The van der Waals surface area contributed by atoms with Crippen LogP contribution >= 0.6 is 0 Å². The Morgan fingerprint density at radius 2 is 1.64 bits per heavy atom. The highest BCUT2D eigenvalue weighted by Gasteiger charge is 2.35. The fraction of sp³-hybridized carbons (Fsp3) is 0.545. The average molecular weight is 380 g/mol. The second-order valence-electron chi connectivity index (χ2n) is 8.62. The Hall–Kier alpha value is -2.34. The van der Waals surface area contributed by atoms with Crippen LogP contribution in [0.5, 0.6) is 0 Å². The van der Waals surface area contributed by atoms with Gasteiger partial charge in [0.1, 0.15) is 5.69 Å². The number of carbonyl (C=O) groups excluding carboxylic acids is 2. The lowest BCUT2D eigenvalue weighted by molar-refractivity contribution is -0.134. The quantitative estimate of drug-likeness (QED) is 0.859. The number of H-pyrrole nitrogens is 1. The number of carbonyl (C=O) groups is 2. The van der Waals surface area contributed by atoms with Crippen LogP contribution in [0.15, 0.2) is 30.3 Å². The predicted molar refractivity (Wildman–Crippen MR) is 108 cm³/mol. The van der Waals surface area contributed by atoms with Gasteiger partial charge in [-0.25, -0.2) is 0 Å². The largest absolute Gasteiger partial charge is 0.351 e. The Kier molecular flexibility index (Phi) is 4.59. The Balaban J connectivity index is 1.15. The van der Waals surface area contributed by atoms with E-state index < -0.39 is 0 Å². The summed E-state index contributed by atoms with van der Waals surface area (Å²) in [6.07, 6.45) is 5.49. The summed E-state index contributed by atoms with van der Waals surface area (Å²) in [5.74, 6) is 0.819. The molecule has 6 heteroatoms. The van der Waals surface area contributed by atoms with Crippen molar-refractivity contribution in [2.24, 2.45) is 5.92 Å². The van der Waals surface area contributed by atoms with Crippen LogP contribution in [-0.4, -0.2) is 64.9 Å². The number of benzene rings is 1. The molecular formula is C22H28N4O2. The van der Waals surface area contributed by atoms with Crippen LogP contribution in [0, 0.1) is 5.92 Å². The predicted octanol–water partition coefficient (Wildman–Crippen LogP) is 2.37. The van der Waals surface area contributed by atoms with Crippen molar-refractivity contribution < 1.29 is 9.59 Å². The Labute approximate surface area is 165 Å². The fourth-order valence-corrected chi connectivity index (χ4v) is 5.24. The SMILES string of the molecule is O=C(CC1CC2CCC(C1)N2)N1CCN(C(=O)c2cc3ccccc3[nH]2)CC1. The number of piperazine rings is 1. The minimum absolute atomic E-state index is 0.0261. The van der Waals surface area contributed by atoms with Gasteiger partial charge in [-0.05, 0) is 43.7 Å². The lowest BCUT2D eigenvalue weighted by Gasteiger charge is -2.36. The van der Waals surface area contributed by atoms with Crippen molar-refractivity contribution in [2.75, 3.05) is 26.2 Å². The third-order valence-electron chi connectivity index (χ3n) is 6.71.